The molecule has 110 valence electrons. The van der Waals surface area contributed by atoms with E-state index in [0.29, 0.717) is 12.0 Å². The van der Waals surface area contributed by atoms with Gasteiger partial charge in [-0.3, -0.25) is 0 Å². The Morgan fingerprint density at radius 3 is 2.59 bits per heavy atom. The highest BCUT2D eigenvalue weighted by molar-refractivity contribution is 5.90. The van der Waals surface area contributed by atoms with Crippen molar-refractivity contribution in [2.45, 2.75) is 13.0 Å². The van der Waals surface area contributed by atoms with Crippen LogP contribution < -0.4 is 0 Å². The molecule has 0 unspecified atom stereocenters. The van der Waals surface area contributed by atoms with E-state index >= 15 is 0 Å². The number of ether oxygens (including phenoxy) is 1. The summed E-state index contributed by atoms with van der Waals surface area (Å²) >= 11 is 0. The number of aromatic nitrogens is 1. The number of para-hydroxylation sites is 1. The standard InChI is InChI=1S/C19H17NO2/c1-14(19(21)22-13-15-7-3-2-4-8-15)11-16-12-20-18-10-6-5-9-17(16)18/h2-10,12,20H,1,11,13H2. The van der Waals surface area contributed by atoms with Crippen LogP contribution in [0.15, 0.2) is 72.9 Å². The molecule has 0 aliphatic heterocycles. The normalized spacial score (nSPS) is 10.5. The molecule has 1 N–H and O–H groups in total. The van der Waals surface area contributed by atoms with Crippen LogP contribution in [0.25, 0.3) is 10.9 Å². The van der Waals surface area contributed by atoms with E-state index in [1.807, 2.05) is 60.8 Å². The Balaban J connectivity index is 1.63. The third kappa shape index (κ3) is 3.09. The van der Waals surface area contributed by atoms with E-state index in [0.717, 1.165) is 22.0 Å². The lowest BCUT2D eigenvalue weighted by Gasteiger charge is -2.07. The zero-order valence-corrected chi connectivity index (χ0v) is 12.2. The maximum atomic E-state index is 12.0. The molecule has 3 heteroatoms. The molecule has 0 saturated heterocycles. The van der Waals surface area contributed by atoms with Crippen molar-refractivity contribution in [1.29, 1.82) is 0 Å². The molecule has 3 rings (SSSR count). The predicted molar refractivity (Wildman–Crippen MR) is 87.4 cm³/mol. The van der Waals surface area contributed by atoms with Gasteiger partial charge in [-0.25, -0.2) is 4.79 Å². The third-order valence-electron chi connectivity index (χ3n) is 3.58. The monoisotopic (exact) mass is 291 g/mol. The number of H-pyrrole nitrogens is 1. The van der Waals surface area contributed by atoms with E-state index in [2.05, 4.69) is 11.6 Å². The maximum absolute atomic E-state index is 12.0. The number of hydrogen-bond acceptors (Lipinski definition) is 2. The van der Waals surface area contributed by atoms with E-state index in [4.69, 9.17) is 4.74 Å². The molecule has 0 atom stereocenters. The predicted octanol–water partition coefficient (Wildman–Crippen LogP) is 4.01. The van der Waals surface area contributed by atoms with Crippen LogP contribution in [0.5, 0.6) is 0 Å². The molecule has 0 fully saturated rings. The van der Waals surface area contributed by atoms with Crippen molar-refractivity contribution in [3.63, 3.8) is 0 Å². The number of aromatic amines is 1. The lowest BCUT2D eigenvalue weighted by Crippen LogP contribution is -2.09. The second-order valence-corrected chi connectivity index (χ2v) is 5.20. The molecular formula is C19H17NO2. The second-order valence-electron chi connectivity index (χ2n) is 5.20. The molecule has 22 heavy (non-hydrogen) atoms. The van der Waals surface area contributed by atoms with Crippen molar-refractivity contribution < 1.29 is 9.53 Å². The van der Waals surface area contributed by atoms with Crippen LogP contribution in [0.4, 0.5) is 0 Å². The highest BCUT2D eigenvalue weighted by atomic mass is 16.5. The van der Waals surface area contributed by atoms with Gasteiger partial charge < -0.3 is 9.72 Å². The average Bonchev–Trinajstić information content (AvgIpc) is 2.97. The van der Waals surface area contributed by atoms with Crippen LogP contribution in [0, 0.1) is 0 Å². The van der Waals surface area contributed by atoms with Crippen LogP contribution >= 0.6 is 0 Å². The lowest BCUT2D eigenvalue weighted by atomic mass is 10.1. The second kappa shape index (κ2) is 6.31. The van der Waals surface area contributed by atoms with Gasteiger partial charge in [0.2, 0.25) is 0 Å². The number of hydrogen-bond donors (Lipinski definition) is 1. The Kier molecular flexibility index (Phi) is 4.05. The summed E-state index contributed by atoms with van der Waals surface area (Å²) < 4.78 is 5.30. The minimum Gasteiger partial charge on any atom is -0.457 e. The zero-order valence-electron chi connectivity index (χ0n) is 12.2. The summed E-state index contributed by atoms with van der Waals surface area (Å²) in [5.41, 5.74) is 3.54. The minimum absolute atomic E-state index is 0.270. The van der Waals surface area contributed by atoms with Gasteiger partial charge in [-0.1, -0.05) is 55.1 Å². The quantitative estimate of drug-likeness (QED) is 0.570. The van der Waals surface area contributed by atoms with Crippen LogP contribution in [0.3, 0.4) is 0 Å². The molecule has 3 nitrogen and oxygen atoms in total. The highest BCUT2D eigenvalue weighted by Gasteiger charge is 2.12. The first kappa shape index (κ1) is 14.1. The Morgan fingerprint density at radius 1 is 1.05 bits per heavy atom. The van der Waals surface area contributed by atoms with E-state index in [-0.39, 0.29) is 12.6 Å². The molecule has 0 saturated carbocycles. The van der Waals surface area contributed by atoms with E-state index < -0.39 is 0 Å². The zero-order chi connectivity index (χ0) is 15.4. The minimum atomic E-state index is -0.353. The summed E-state index contributed by atoms with van der Waals surface area (Å²) in [6, 6.07) is 17.6. The molecule has 0 aliphatic rings. The Hall–Kier alpha value is -2.81. The summed E-state index contributed by atoms with van der Waals surface area (Å²) in [4.78, 5) is 15.2. The largest absolute Gasteiger partial charge is 0.457 e. The topological polar surface area (TPSA) is 42.1 Å². The summed E-state index contributed by atoms with van der Waals surface area (Å²) in [5, 5.41) is 1.11. The van der Waals surface area contributed by atoms with E-state index in [9.17, 15) is 4.79 Å². The van der Waals surface area contributed by atoms with Gasteiger partial charge in [-0.2, -0.15) is 0 Å². The molecule has 1 aromatic heterocycles. The summed E-state index contributed by atoms with van der Waals surface area (Å²) in [5.74, 6) is -0.353. The molecule has 0 bridgehead atoms. The number of esters is 1. The van der Waals surface area contributed by atoms with Gasteiger partial charge in [-0.15, -0.1) is 0 Å². The molecular weight excluding hydrogens is 274 g/mol. The van der Waals surface area contributed by atoms with Crippen molar-refractivity contribution in [3.05, 3.63) is 84.1 Å². The van der Waals surface area contributed by atoms with Crippen LogP contribution in [-0.4, -0.2) is 11.0 Å². The van der Waals surface area contributed by atoms with Gasteiger partial charge in [0.15, 0.2) is 0 Å². The van der Waals surface area contributed by atoms with Crippen molar-refractivity contribution in [1.82, 2.24) is 4.98 Å². The first-order valence-corrected chi connectivity index (χ1v) is 7.18. The van der Waals surface area contributed by atoms with Crippen LogP contribution in [-0.2, 0) is 22.6 Å². The van der Waals surface area contributed by atoms with Gasteiger partial charge in [-0.05, 0) is 17.2 Å². The van der Waals surface area contributed by atoms with Crippen molar-refractivity contribution >= 4 is 16.9 Å². The van der Waals surface area contributed by atoms with Crippen LogP contribution in [0.1, 0.15) is 11.1 Å². The maximum Gasteiger partial charge on any atom is 0.334 e. The Labute approximate surface area is 129 Å². The molecule has 1 heterocycles. The number of carbonyl (C=O) groups excluding carboxylic acids is 1. The van der Waals surface area contributed by atoms with E-state index in [1.54, 1.807) is 0 Å². The van der Waals surface area contributed by atoms with Gasteiger partial charge in [0.25, 0.3) is 0 Å². The number of nitrogens with one attached hydrogen (secondary N) is 1. The number of rotatable bonds is 5. The van der Waals surface area contributed by atoms with Crippen molar-refractivity contribution in [2.75, 3.05) is 0 Å². The smallest absolute Gasteiger partial charge is 0.334 e. The summed E-state index contributed by atoms with van der Waals surface area (Å²) in [6.07, 6.45) is 2.40. The van der Waals surface area contributed by atoms with Crippen molar-refractivity contribution in [3.8, 4) is 0 Å². The van der Waals surface area contributed by atoms with Crippen molar-refractivity contribution in [2.24, 2.45) is 0 Å². The van der Waals surface area contributed by atoms with E-state index in [1.165, 1.54) is 0 Å². The van der Waals surface area contributed by atoms with Gasteiger partial charge in [0.05, 0.1) is 0 Å². The van der Waals surface area contributed by atoms with Crippen LogP contribution in [0.2, 0.25) is 0 Å². The first-order chi connectivity index (χ1) is 10.7. The molecule has 0 aliphatic carbocycles. The molecule has 3 aromatic rings. The first-order valence-electron chi connectivity index (χ1n) is 7.18. The molecule has 0 radical (unpaired) electrons. The molecule has 0 spiro atoms. The Morgan fingerprint density at radius 2 is 1.77 bits per heavy atom. The van der Waals surface area contributed by atoms with Gasteiger partial charge >= 0.3 is 5.97 Å². The highest BCUT2D eigenvalue weighted by Crippen LogP contribution is 2.20. The lowest BCUT2D eigenvalue weighted by molar-refractivity contribution is -0.140. The summed E-state index contributed by atoms with van der Waals surface area (Å²) in [7, 11) is 0. The fraction of sp³-hybridized carbons (Fsp3) is 0.105. The molecule has 2 aromatic carbocycles. The Bertz CT molecular complexity index is 802. The van der Waals surface area contributed by atoms with Gasteiger partial charge in [0, 0.05) is 29.1 Å². The SMILES string of the molecule is C=C(Cc1c[nH]c2ccccc12)C(=O)OCc1ccccc1. The fourth-order valence-corrected chi connectivity index (χ4v) is 2.41. The average molecular weight is 291 g/mol. The summed E-state index contributed by atoms with van der Waals surface area (Å²) in [6.45, 7) is 4.13. The number of fused-ring (bicyclic) bond motifs is 1. The molecule has 0 amide bonds. The number of benzene rings is 2. The third-order valence-corrected chi connectivity index (χ3v) is 3.58. The number of carbonyl (C=O) groups is 1. The van der Waals surface area contributed by atoms with Gasteiger partial charge in [0.1, 0.15) is 6.61 Å². The fourth-order valence-electron chi connectivity index (χ4n) is 2.41.